The Hall–Kier alpha value is -1.35. The van der Waals surface area contributed by atoms with Crippen LogP contribution in [0.1, 0.15) is 11.1 Å². The Kier molecular flexibility index (Phi) is 4.72. The maximum atomic E-state index is 13.5. The first-order chi connectivity index (χ1) is 9.82. The van der Waals surface area contributed by atoms with E-state index in [1.165, 1.54) is 28.8 Å². The Bertz CT molecular complexity index is 758. The normalized spacial score (nSPS) is 11.8. The number of nitrogens with two attached hydrogens (primary N) is 1. The van der Waals surface area contributed by atoms with Crippen molar-refractivity contribution < 1.29 is 12.8 Å². The van der Waals surface area contributed by atoms with Gasteiger partial charge < -0.3 is 5.73 Å². The summed E-state index contributed by atoms with van der Waals surface area (Å²) in [4.78, 5) is -0.213. The predicted molar refractivity (Wildman–Crippen MR) is 85.3 cm³/mol. The third kappa shape index (κ3) is 3.46. The van der Waals surface area contributed by atoms with Crippen LogP contribution in [0.25, 0.3) is 0 Å². The quantitative estimate of drug-likeness (QED) is 0.846. The van der Waals surface area contributed by atoms with Crippen LogP contribution in [0.2, 0.25) is 0 Å². The minimum absolute atomic E-state index is 0.0376. The van der Waals surface area contributed by atoms with Gasteiger partial charge in [0.2, 0.25) is 10.0 Å². The van der Waals surface area contributed by atoms with Crippen LogP contribution in [0.5, 0.6) is 0 Å². The van der Waals surface area contributed by atoms with Crippen molar-refractivity contribution in [2.75, 3.05) is 7.05 Å². The molecule has 0 fully saturated rings. The van der Waals surface area contributed by atoms with Gasteiger partial charge in [-0.3, -0.25) is 0 Å². The van der Waals surface area contributed by atoms with Gasteiger partial charge in [0.15, 0.2) is 0 Å². The highest BCUT2D eigenvalue weighted by Gasteiger charge is 2.22. The van der Waals surface area contributed by atoms with E-state index in [-0.39, 0.29) is 22.0 Å². The summed E-state index contributed by atoms with van der Waals surface area (Å²) in [7, 11) is -2.26. The van der Waals surface area contributed by atoms with E-state index >= 15 is 0 Å². The lowest BCUT2D eigenvalue weighted by molar-refractivity contribution is 0.467. The molecule has 0 unspecified atom stereocenters. The Labute approximate surface area is 132 Å². The van der Waals surface area contributed by atoms with Crippen LogP contribution < -0.4 is 5.73 Å². The molecule has 2 N–H and O–H groups in total. The number of sulfonamides is 1. The topological polar surface area (TPSA) is 63.4 Å². The molecule has 1 aromatic heterocycles. The molecule has 1 heterocycles. The van der Waals surface area contributed by atoms with Crippen LogP contribution in [0.3, 0.4) is 0 Å². The van der Waals surface area contributed by atoms with Gasteiger partial charge in [0.05, 0.1) is 4.90 Å². The maximum Gasteiger partial charge on any atom is 0.243 e. The molecule has 112 valence electrons. The van der Waals surface area contributed by atoms with Crippen molar-refractivity contribution in [3.63, 3.8) is 0 Å². The number of benzene rings is 1. The number of halogens is 1. The minimum atomic E-state index is -3.73. The molecule has 0 bridgehead atoms. The first-order valence-corrected chi connectivity index (χ1v) is 8.68. The minimum Gasteiger partial charge on any atom is -0.389 e. The van der Waals surface area contributed by atoms with Crippen molar-refractivity contribution in [2.45, 2.75) is 11.4 Å². The van der Waals surface area contributed by atoms with E-state index in [0.717, 1.165) is 17.7 Å². The van der Waals surface area contributed by atoms with E-state index in [4.69, 9.17) is 18.0 Å². The zero-order valence-electron chi connectivity index (χ0n) is 11.1. The second kappa shape index (κ2) is 6.18. The van der Waals surface area contributed by atoms with Crippen LogP contribution >= 0.6 is 23.6 Å². The SMILES string of the molecule is CN(Cc1ccsc1)S(=O)(=O)c1ccc(F)c(C(N)=S)c1. The molecule has 0 atom stereocenters. The Morgan fingerprint density at radius 1 is 1.43 bits per heavy atom. The number of hydrogen-bond donors (Lipinski definition) is 1. The van der Waals surface area contributed by atoms with Crippen LogP contribution in [-0.4, -0.2) is 24.8 Å². The molecule has 0 aliphatic heterocycles. The van der Waals surface area contributed by atoms with Gasteiger partial charge in [-0.25, -0.2) is 12.8 Å². The zero-order chi connectivity index (χ0) is 15.6. The van der Waals surface area contributed by atoms with Crippen molar-refractivity contribution in [1.29, 1.82) is 0 Å². The van der Waals surface area contributed by atoms with Crippen LogP contribution in [0, 0.1) is 5.82 Å². The summed E-state index contributed by atoms with van der Waals surface area (Å²) in [6, 6.07) is 5.27. The fourth-order valence-corrected chi connectivity index (χ4v) is 3.76. The third-order valence-electron chi connectivity index (χ3n) is 2.90. The summed E-state index contributed by atoms with van der Waals surface area (Å²) >= 11 is 6.21. The number of thiocarbonyl (C=S) groups is 1. The van der Waals surface area contributed by atoms with Crippen LogP contribution in [0.4, 0.5) is 4.39 Å². The molecule has 0 aliphatic rings. The summed E-state index contributed by atoms with van der Waals surface area (Å²) < 4.78 is 39.7. The summed E-state index contributed by atoms with van der Waals surface area (Å²) in [6.07, 6.45) is 0. The van der Waals surface area contributed by atoms with Crippen LogP contribution in [-0.2, 0) is 16.6 Å². The molecule has 2 aromatic rings. The van der Waals surface area contributed by atoms with E-state index in [1.54, 1.807) is 0 Å². The smallest absolute Gasteiger partial charge is 0.243 e. The lowest BCUT2D eigenvalue weighted by Crippen LogP contribution is -2.26. The summed E-state index contributed by atoms with van der Waals surface area (Å²) in [5.41, 5.74) is 6.21. The average Bonchev–Trinajstić information content (AvgIpc) is 2.91. The second-order valence-corrected chi connectivity index (χ2v) is 7.66. The van der Waals surface area contributed by atoms with Gasteiger partial charge in [0, 0.05) is 19.2 Å². The molecule has 1 aromatic carbocycles. The Morgan fingerprint density at radius 2 is 2.14 bits per heavy atom. The highest BCUT2D eigenvalue weighted by Crippen LogP contribution is 2.20. The fourth-order valence-electron chi connectivity index (χ4n) is 1.76. The number of nitrogens with zero attached hydrogens (tertiary/aromatic N) is 1. The lowest BCUT2D eigenvalue weighted by Gasteiger charge is -2.17. The molecule has 0 amide bonds. The molecule has 4 nitrogen and oxygen atoms in total. The molecule has 8 heteroatoms. The summed E-state index contributed by atoms with van der Waals surface area (Å²) in [6.45, 7) is 0.242. The first-order valence-electron chi connectivity index (χ1n) is 5.89. The molecule has 0 radical (unpaired) electrons. The van der Waals surface area contributed by atoms with Crippen molar-refractivity contribution in [3.8, 4) is 0 Å². The van der Waals surface area contributed by atoms with Crippen molar-refractivity contribution in [1.82, 2.24) is 4.31 Å². The largest absolute Gasteiger partial charge is 0.389 e. The lowest BCUT2D eigenvalue weighted by atomic mass is 10.2. The van der Waals surface area contributed by atoms with E-state index in [0.29, 0.717) is 0 Å². The molecule has 0 saturated heterocycles. The molecular formula is C13H13FN2O2S3. The zero-order valence-corrected chi connectivity index (χ0v) is 13.6. The molecular weight excluding hydrogens is 331 g/mol. The van der Waals surface area contributed by atoms with E-state index in [2.05, 4.69) is 0 Å². The van der Waals surface area contributed by atoms with Gasteiger partial charge in [0.1, 0.15) is 10.8 Å². The molecule has 21 heavy (non-hydrogen) atoms. The van der Waals surface area contributed by atoms with E-state index in [9.17, 15) is 12.8 Å². The maximum absolute atomic E-state index is 13.5. The van der Waals surface area contributed by atoms with Gasteiger partial charge in [0.25, 0.3) is 0 Å². The highest BCUT2D eigenvalue weighted by molar-refractivity contribution is 7.89. The van der Waals surface area contributed by atoms with Crippen molar-refractivity contribution >= 4 is 38.6 Å². The first kappa shape index (κ1) is 16.0. The van der Waals surface area contributed by atoms with Gasteiger partial charge >= 0.3 is 0 Å². The van der Waals surface area contributed by atoms with Gasteiger partial charge in [-0.1, -0.05) is 12.2 Å². The van der Waals surface area contributed by atoms with Crippen molar-refractivity contribution in [3.05, 3.63) is 52.0 Å². The predicted octanol–water partition coefficient (Wildman–Crippen LogP) is 2.34. The standard InChI is InChI=1S/C13H13FN2O2S3/c1-16(7-9-4-5-20-8-9)21(17,18)10-2-3-12(14)11(6-10)13(15)19/h2-6,8H,7H2,1H3,(H2,15,19). The van der Waals surface area contributed by atoms with Gasteiger partial charge in [-0.2, -0.15) is 15.6 Å². The van der Waals surface area contributed by atoms with Crippen LogP contribution in [0.15, 0.2) is 39.9 Å². The molecule has 0 aliphatic carbocycles. The highest BCUT2D eigenvalue weighted by atomic mass is 32.2. The summed E-state index contributed by atoms with van der Waals surface area (Å²) in [5, 5.41) is 3.75. The second-order valence-electron chi connectivity index (χ2n) is 4.40. The summed E-state index contributed by atoms with van der Waals surface area (Å²) in [5.74, 6) is -0.637. The Morgan fingerprint density at radius 3 is 2.71 bits per heavy atom. The fraction of sp³-hybridized carbons (Fsp3) is 0.154. The van der Waals surface area contributed by atoms with Crippen molar-refractivity contribution in [2.24, 2.45) is 5.73 Å². The molecule has 0 spiro atoms. The average molecular weight is 344 g/mol. The number of thiophene rings is 1. The monoisotopic (exact) mass is 344 g/mol. The molecule has 0 saturated carbocycles. The Balaban J connectivity index is 2.35. The van der Waals surface area contributed by atoms with E-state index in [1.807, 2.05) is 16.8 Å². The number of rotatable bonds is 5. The van der Waals surface area contributed by atoms with Gasteiger partial charge in [-0.05, 0) is 40.6 Å². The third-order valence-corrected chi connectivity index (χ3v) is 5.65. The number of hydrogen-bond acceptors (Lipinski definition) is 4. The van der Waals surface area contributed by atoms with E-state index < -0.39 is 15.8 Å². The molecule has 2 rings (SSSR count). The van der Waals surface area contributed by atoms with Gasteiger partial charge in [-0.15, -0.1) is 0 Å².